The summed E-state index contributed by atoms with van der Waals surface area (Å²) in [5.41, 5.74) is 0.0874. The molecule has 0 aliphatic carbocycles. The van der Waals surface area contributed by atoms with Crippen LogP contribution in [0, 0.1) is 5.82 Å². The molecule has 2 aromatic rings. The van der Waals surface area contributed by atoms with Gasteiger partial charge in [-0.15, -0.1) is 11.3 Å². The van der Waals surface area contributed by atoms with Crippen molar-refractivity contribution in [3.05, 3.63) is 52.5 Å². The minimum Gasteiger partial charge on any atom is -0.323 e. The molecule has 0 spiro atoms. The molecule has 0 bridgehead atoms. The van der Waals surface area contributed by atoms with Crippen LogP contribution < -0.4 is 5.32 Å². The molecule has 1 unspecified atom stereocenters. The summed E-state index contributed by atoms with van der Waals surface area (Å²) in [7, 11) is -3.32. The van der Waals surface area contributed by atoms with Crippen molar-refractivity contribution in [1.82, 2.24) is 4.90 Å². The maximum atomic E-state index is 13.6. The molecule has 1 saturated heterocycles. The molecule has 2 amide bonds. The summed E-state index contributed by atoms with van der Waals surface area (Å²) >= 11 is 1.41. The number of benzene rings is 1. The highest BCUT2D eigenvalue weighted by Crippen LogP contribution is 2.32. The third-order valence-electron chi connectivity index (χ3n) is 4.00. The van der Waals surface area contributed by atoms with Crippen molar-refractivity contribution >= 4 is 32.9 Å². The number of rotatable bonds is 2. The summed E-state index contributed by atoms with van der Waals surface area (Å²) in [6.45, 7) is 0.409. The van der Waals surface area contributed by atoms with Crippen molar-refractivity contribution in [3.8, 4) is 0 Å². The zero-order chi connectivity index (χ0) is 17.2. The van der Waals surface area contributed by atoms with Crippen LogP contribution in [0.2, 0.25) is 0 Å². The number of amides is 2. The van der Waals surface area contributed by atoms with Gasteiger partial charge in [0.25, 0.3) is 0 Å². The van der Waals surface area contributed by atoms with Gasteiger partial charge in [-0.1, -0.05) is 18.2 Å². The maximum absolute atomic E-state index is 13.6. The summed E-state index contributed by atoms with van der Waals surface area (Å²) < 4.78 is 38.6. The first kappa shape index (κ1) is 16.9. The summed E-state index contributed by atoms with van der Waals surface area (Å²) in [4.78, 5) is 14.6. The number of hydrogen-bond donors (Lipinski definition) is 1. The average Bonchev–Trinajstić information content (AvgIpc) is 3.01. The van der Waals surface area contributed by atoms with E-state index in [1.165, 1.54) is 34.4 Å². The Hall–Kier alpha value is -1.93. The molecule has 8 heteroatoms. The Morgan fingerprint density at radius 1 is 1.21 bits per heavy atom. The molecule has 2 heterocycles. The van der Waals surface area contributed by atoms with Gasteiger partial charge in [-0.05, 0) is 30.0 Å². The number of nitrogens with one attached hydrogen (secondary N) is 1. The van der Waals surface area contributed by atoms with Crippen LogP contribution in [0.4, 0.5) is 14.9 Å². The molecular formula is C16H17FN2O3S2. The highest BCUT2D eigenvalue weighted by Gasteiger charge is 2.33. The van der Waals surface area contributed by atoms with Crippen LogP contribution in [0.3, 0.4) is 0 Å². The molecular weight excluding hydrogens is 351 g/mol. The van der Waals surface area contributed by atoms with E-state index in [1.807, 2.05) is 17.5 Å². The van der Waals surface area contributed by atoms with Crippen molar-refractivity contribution in [2.24, 2.45) is 0 Å². The highest BCUT2D eigenvalue weighted by molar-refractivity contribution is 7.91. The van der Waals surface area contributed by atoms with Gasteiger partial charge >= 0.3 is 6.03 Å². The predicted octanol–water partition coefficient (Wildman–Crippen LogP) is 3.28. The first-order valence-corrected chi connectivity index (χ1v) is 10.1. The summed E-state index contributed by atoms with van der Waals surface area (Å²) in [6.07, 6.45) is 0.341. The second kappa shape index (κ2) is 6.90. The molecule has 1 N–H and O–H groups in total. The van der Waals surface area contributed by atoms with Gasteiger partial charge in [0.2, 0.25) is 0 Å². The monoisotopic (exact) mass is 368 g/mol. The van der Waals surface area contributed by atoms with Crippen LogP contribution in [0.5, 0.6) is 0 Å². The molecule has 1 aromatic carbocycles. The Kier molecular flexibility index (Phi) is 4.86. The van der Waals surface area contributed by atoms with E-state index in [0.29, 0.717) is 13.0 Å². The molecule has 1 aromatic heterocycles. The van der Waals surface area contributed by atoms with Crippen LogP contribution in [-0.2, 0) is 9.84 Å². The third-order valence-corrected chi connectivity index (χ3v) is 7.25. The minimum absolute atomic E-state index is 0.0874. The SMILES string of the molecule is O=C(Nc1ccccc1F)N1CCC(c2cccs2)S(=O)(=O)CC1. The van der Waals surface area contributed by atoms with E-state index in [-0.39, 0.29) is 18.0 Å². The number of urea groups is 1. The van der Waals surface area contributed by atoms with E-state index in [9.17, 15) is 17.6 Å². The number of hydrogen-bond acceptors (Lipinski definition) is 4. The fourth-order valence-corrected chi connectivity index (χ4v) is 5.70. The van der Waals surface area contributed by atoms with Crippen molar-refractivity contribution in [1.29, 1.82) is 0 Å². The summed E-state index contributed by atoms with van der Waals surface area (Å²) in [6, 6.07) is 9.03. The standard InChI is InChI=1S/C16H17FN2O3S2/c17-12-4-1-2-5-13(12)18-16(20)19-8-7-15(14-6-3-10-23-14)24(21,22)11-9-19/h1-6,10,15H,7-9,11H2,(H,18,20). The minimum atomic E-state index is -3.32. The van der Waals surface area contributed by atoms with Crippen LogP contribution in [0.25, 0.3) is 0 Å². The Labute approximate surface area is 144 Å². The van der Waals surface area contributed by atoms with E-state index in [4.69, 9.17) is 0 Å². The molecule has 5 nitrogen and oxygen atoms in total. The molecule has 3 rings (SSSR count). The molecule has 1 aliphatic rings. The quantitative estimate of drug-likeness (QED) is 0.885. The van der Waals surface area contributed by atoms with Gasteiger partial charge in [0.15, 0.2) is 9.84 Å². The molecule has 0 saturated carbocycles. The smallest absolute Gasteiger partial charge is 0.321 e. The van der Waals surface area contributed by atoms with E-state index in [1.54, 1.807) is 6.07 Å². The Balaban J connectivity index is 1.73. The van der Waals surface area contributed by atoms with E-state index < -0.39 is 26.9 Å². The predicted molar refractivity (Wildman–Crippen MR) is 92.5 cm³/mol. The lowest BCUT2D eigenvalue weighted by molar-refractivity contribution is 0.215. The Morgan fingerprint density at radius 3 is 2.71 bits per heavy atom. The Morgan fingerprint density at radius 2 is 2.00 bits per heavy atom. The second-order valence-corrected chi connectivity index (χ2v) is 8.84. The fraction of sp³-hybridized carbons (Fsp3) is 0.312. The first-order chi connectivity index (χ1) is 11.5. The maximum Gasteiger partial charge on any atom is 0.321 e. The lowest BCUT2D eigenvalue weighted by Crippen LogP contribution is -2.37. The van der Waals surface area contributed by atoms with Crippen LogP contribution in [0.1, 0.15) is 16.5 Å². The summed E-state index contributed by atoms with van der Waals surface area (Å²) in [5, 5.41) is 3.77. The molecule has 0 radical (unpaired) electrons. The van der Waals surface area contributed by atoms with Crippen molar-refractivity contribution in [2.75, 3.05) is 24.2 Å². The number of nitrogens with zero attached hydrogens (tertiary/aromatic N) is 1. The number of halogens is 1. The average molecular weight is 368 g/mol. The number of para-hydroxylation sites is 1. The fourth-order valence-electron chi connectivity index (χ4n) is 2.70. The van der Waals surface area contributed by atoms with Crippen LogP contribution >= 0.6 is 11.3 Å². The highest BCUT2D eigenvalue weighted by atomic mass is 32.2. The lowest BCUT2D eigenvalue weighted by atomic mass is 10.2. The van der Waals surface area contributed by atoms with Gasteiger partial charge in [-0.2, -0.15) is 0 Å². The van der Waals surface area contributed by atoms with Gasteiger partial charge in [0.1, 0.15) is 5.82 Å². The topological polar surface area (TPSA) is 66.5 Å². The number of anilines is 1. The van der Waals surface area contributed by atoms with Crippen molar-refractivity contribution < 1.29 is 17.6 Å². The van der Waals surface area contributed by atoms with Crippen molar-refractivity contribution in [2.45, 2.75) is 11.7 Å². The van der Waals surface area contributed by atoms with Crippen molar-refractivity contribution in [3.63, 3.8) is 0 Å². The molecule has 1 atom stereocenters. The van der Waals surface area contributed by atoms with Crippen LogP contribution in [-0.4, -0.2) is 38.2 Å². The first-order valence-electron chi connectivity index (χ1n) is 7.53. The second-order valence-electron chi connectivity index (χ2n) is 5.56. The number of thiophene rings is 1. The zero-order valence-electron chi connectivity index (χ0n) is 12.8. The lowest BCUT2D eigenvalue weighted by Gasteiger charge is -2.20. The molecule has 1 aliphatic heterocycles. The van der Waals surface area contributed by atoms with Gasteiger partial charge in [-0.3, -0.25) is 0 Å². The molecule has 128 valence electrons. The van der Waals surface area contributed by atoms with E-state index in [0.717, 1.165) is 4.88 Å². The van der Waals surface area contributed by atoms with Gasteiger partial charge in [0, 0.05) is 18.0 Å². The van der Waals surface area contributed by atoms with Crippen LogP contribution in [0.15, 0.2) is 41.8 Å². The zero-order valence-corrected chi connectivity index (χ0v) is 14.4. The number of carbonyl (C=O) groups excluding carboxylic acids is 1. The third kappa shape index (κ3) is 3.59. The summed E-state index contributed by atoms with van der Waals surface area (Å²) in [5.74, 6) is -0.620. The number of sulfone groups is 1. The van der Waals surface area contributed by atoms with E-state index >= 15 is 0 Å². The van der Waals surface area contributed by atoms with Gasteiger partial charge in [0.05, 0.1) is 16.7 Å². The van der Waals surface area contributed by atoms with Gasteiger partial charge < -0.3 is 10.2 Å². The molecule has 24 heavy (non-hydrogen) atoms. The largest absolute Gasteiger partial charge is 0.323 e. The number of carbonyl (C=O) groups is 1. The van der Waals surface area contributed by atoms with Gasteiger partial charge in [-0.25, -0.2) is 17.6 Å². The normalized spacial score (nSPS) is 20.4. The van der Waals surface area contributed by atoms with E-state index in [2.05, 4.69) is 5.32 Å². The Bertz CT molecular complexity index is 822. The molecule has 1 fully saturated rings.